The Bertz CT molecular complexity index is 594. The summed E-state index contributed by atoms with van der Waals surface area (Å²) in [6.07, 6.45) is 1.05. The number of nitrogens with one attached hydrogen (secondary N) is 1. The van der Waals surface area contributed by atoms with Crippen molar-refractivity contribution in [1.82, 2.24) is 9.97 Å². The van der Waals surface area contributed by atoms with Crippen LogP contribution in [-0.4, -0.2) is 14.9 Å². The lowest BCUT2D eigenvalue weighted by Crippen LogP contribution is -2.13. The Morgan fingerprint density at radius 2 is 2.00 bits per heavy atom. The molecule has 7 nitrogen and oxygen atoms in total. The van der Waals surface area contributed by atoms with Crippen LogP contribution < -0.4 is 10.3 Å². The second-order valence-corrected chi connectivity index (χ2v) is 3.06. The van der Waals surface area contributed by atoms with Crippen molar-refractivity contribution in [3.63, 3.8) is 0 Å². The predicted molar refractivity (Wildman–Crippen MR) is 58.0 cm³/mol. The van der Waals surface area contributed by atoms with Crippen LogP contribution in [0.2, 0.25) is 0 Å². The van der Waals surface area contributed by atoms with E-state index in [-0.39, 0.29) is 5.88 Å². The quantitative estimate of drug-likeness (QED) is 0.639. The van der Waals surface area contributed by atoms with Gasteiger partial charge in [-0.3, -0.25) is 14.9 Å². The SMILES string of the molecule is O=c1[nH]cnc(Oc2ccccc2)c1[N+](=O)[O-]. The van der Waals surface area contributed by atoms with Gasteiger partial charge in [0.1, 0.15) is 5.75 Å². The van der Waals surface area contributed by atoms with Crippen molar-refractivity contribution < 1.29 is 9.66 Å². The van der Waals surface area contributed by atoms with Gasteiger partial charge in [0.25, 0.3) is 0 Å². The van der Waals surface area contributed by atoms with Crippen LogP contribution >= 0.6 is 0 Å². The number of aromatic amines is 1. The molecule has 1 heterocycles. The van der Waals surface area contributed by atoms with E-state index in [0.717, 1.165) is 6.33 Å². The van der Waals surface area contributed by atoms with Crippen LogP contribution in [0, 0.1) is 10.1 Å². The predicted octanol–water partition coefficient (Wildman–Crippen LogP) is 1.47. The second-order valence-electron chi connectivity index (χ2n) is 3.06. The highest BCUT2D eigenvalue weighted by Crippen LogP contribution is 2.24. The van der Waals surface area contributed by atoms with Gasteiger partial charge in [0, 0.05) is 0 Å². The van der Waals surface area contributed by atoms with Crippen LogP contribution in [0.15, 0.2) is 41.5 Å². The molecule has 17 heavy (non-hydrogen) atoms. The van der Waals surface area contributed by atoms with Crippen LogP contribution in [0.25, 0.3) is 0 Å². The monoisotopic (exact) mass is 233 g/mol. The van der Waals surface area contributed by atoms with Gasteiger partial charge < -0.3 is 9.72 Å². The van der Waals surface area contributed by atoms with Crippen molar-refractivity contribution in [1.29, 1.82) is 0 Å². The number of H-pyrrole nitrogens is 1. The first kappa shape index (κ1) is 10.8. The number of nitrogens with zero attached hydrogens (tertiary/aromatic N) is 2. The fourth-order valence-corrected chi connectivity index (χ4v) is 1.21. The topological polar surface area (TPSA) is 98.1 Å². The maximum absolute atomic E-state index is 11.3. The van der Waals surface area contributed by atoms with Gasteiger partial charge >= 0.3 is 17.1 Å². The molecule has 1 aromatic heterocycles. The molecular formula is C10H7N3O4. The van der Waals surface area contributed by atoms with Crippen molar-refractivity contribution in [3.8, 4) is 11.6 Å². The van der Waals surface area contributed by atoms with E-state index in [1.165, 1.54) is 0 Å². The van der Waals surface area contributed by atoms with E-state index in [2.05, 4.69) is 9.97 Å². The molecule has 0 aliphatic rings. The largest absolute Gasteiger partial charge is 0.433 e. The summed E-state index contributed by atoms with van der Waals surface area (Å²) in [6, 6.07) is 8.38. The molecule has 2 aromatic rings. The number of hydrogen-bond donors (Lipinski definition) is 1. The van der Waals surface area contributed by atoms with E-state index in [0.29, 0.717) is 5.75 Å². The van der Waals surface area contributed by atoms with Crippen LogP contribution in [0.1, 0.15) is 0 Å². The molecule has 2 rings (SSSR count). The zero-order chi connectivity index (χ0) is 12.3. The van der Waals surface area contributed by atoms with Crippen LogP contribution in [-0.2, 0) is 0 Å². The van der Waals surface area contributed by atoms with E-state index in [4.69, 9.17) is 4.74 Å². The Hall–Kier alpha value is -2.70. The summed E-state index contributed by atoms with van der Waals surface area (Å²) in [5, 5.41) is 10.7. The Kier molecular flexibility index (Phi) is 2.82. The molecule has 0 unspecified atom stereocenters. The fourth-order valence-electron chi connectivity index (χ4n) is 1.21. The molecular weight excluding hydrogens is 226 g/mol. The van der Waals surface area contributed by atoms with E-state index < -0.39 is 16.2 Å². The summed E-state index contributed by atoms with van der Waals surface area (Å²) in [4.78, 5) is 26.9. The molecule has 0 saturated carbocycles. The highest BCUT2D eigenvalue weighted by molar-refractivity contribution is 5.40. The number of hydrogen-bond acceptors (Lipinski definition) is 5. The Morgan fingerprint density at radius 1 is 1.29 bits per heavy atom. The normalized spacial score (nSPS) is 9.88. The third kappa shape index (κ3) is 2.28. The number of rotatable bonds is 3. The lowest BCUT2D eigenvalue weighted by molar-refractivity contribution is -0.387. The Morgan fingerprint density at radius 3 is 2.65 bits per heavy atom. The van der Waals surface area contributed by atoms with Crippen molar-refractivity contribution in [2.75, 3.05) is 0 Å². The third-order valence-corrected chi connectivity index (χ3v) is 1.94. The minimum absolute atomic E-state index is 0.329. The minimum atomic E-state index is -0.851. The molecule has 0 aliphatic heterocycles. The number of para-hydroxylation sites is 1. The molecule has 0 amide bonds. The summed E-state index contributed by atoms with van der Waals surface area (Å²) < 4.78 is 5.18. The van der Waals surface area contributed by atoms with Crippen molar-refractivity contribution in [2.24, 2.45) is 0 Å². The van der Waals surface area contributed by atoms with Gasteiger partial charge in [-0.05, 0) is 12.1 Å². The summed E-state index contributed by atoms with van der Waals surface area (Å²) >= 11 is 0. The van der Waals surface area contributed by atoms with E-state index >= 15 is 0 Å². The molecule has 0 aliphatic carbocycles. The summed E-state index contributed by atoms with van der Waals surface area (Å²) in [5.74, 6) is 0.0404. The second kappa shape index (κ2) is 4.44. The standard InChI is InChI=1S/C10H7N3O4/c14-9-8(13(15)16)10(12-6-11-9)17-7-4-2-1-3-5-7/h1-6H,(H,11,12,14). The molecule has 0 fully saturated rings. The number of aromatic nitrogens is 2. The highest BCUT2D eigenvalue weighted by atomic mass is 16.6. The maximum atomic E-state index is 11.3. The van der Waals surface area contributed by atoms with Crippen LogP contribution in [0.4, 0.5) is 5.69 Å². The van der Waals surface area contributed by atoms with Gasteiger partial charge in [-0.25, -0.2) is 0 Å². The first-order valence-electron chi connectivity index (χ1n) is 4.63. The van der Waals surface area contributed by atoms with Gasteiger partial charge in [-0.15, -0.1) is 0 Å². The summed E-state index contributed by atoms with van der Waals surface area (Å²) in [5.41, 5.74) is -1.56. The molecule has 0 saturated heterocycles. The molecule has 0 radical (unpaired) electrons. The number of ether oxygens (including phenoxy) is 1. The van der Waals surface area contributed by atoms with Crippen molar-refractivity contribution in [3.05, 3.63) is 57.1 Å². The van der Waals surface area contributed by atoms with Crippen molar-refractivity contribution >= 4 is 5.69 Å². The lowest BCUT2D eigenvalue weighted by atomic mass is 10.3. The molecule has 86 valence electrons. The zero-order valence-corrected chi connectivity index (χ0v) is 8.49. The fraction of sp³-hybridized carbons (Fsp3) is 0. The molecule has 0 atom stereocenters. The summed E-state index contributed by atoms with van der Waals surface area (Å²) in [6.45, 7) is 0. The zero-order valence-electron chi connectivity index (χ0n) is 8.49. The molecule has 7 heteroatoms. The van der Waals surface area contributed by atoms with E-state index in [9.17, 15) is 14.9 Å². The summed E-state index contributed by atoms with van der Waals surface area (Å²) in [7, 11) is 0. The molecule has 1 aromatic carbocycles. The number of benzene rings is 1. The Labute approximate surface area is 94.9 Å². The van der Waals surface area contributed by atoms with Gasteiger partial charge in [-0.1, -0.05) is 18.2 Å². The first-order chi connectivity index (χ1) is 8.18. The van der Waals surface area contributed by atoms with Crippen LogP contribution in [0.3, 0.4) is 0 Å². The van der Waals surface area contributed by atoms with E-state index in [1.54, 1.807) is 30.3 Å². The average Bonchev–Trinajstić information content (AvgIpc) is 2.30. The van der Waals surface area contributed by atoms with E-state index in [1.807, 2.05) is 0 Å². The smallest absolute Gasteiger partial charge is 0.395 e. The first-order valence-corrected chi connectivity index (χ1v) is 4.63. The van der Waals surface area contributed by atoms with Gasteiger partial charge in [0.15, 0.2) is 0 Å². The third-order valence-electron chi connectivity index (χ3n) is 1.94. The molecule has 1 N–H and O–H groups in total. The average molecular weight is 233 g/mol. The van der Waals surface area contributed by atoms with Crippen molar-refractivity contribution in [2.45, 2.75) is 0 Å². The minimum Gasteiger partial charge on any atom is -0.433 e. The molecule has 0 bridgehead atoms. The highest BCUT2D eigenvalue weighted by Gasteiger charge is 2.22. The van der Waals surface area contributed by atoms with Gasteiger partial charge in [0.05, 0.1) is 11.3 Å². The maximum Gasteiger partial charge on any atom is 0.395 e. The molecule has 0 spiro atoms. The Balaban J connectivity index is 2.43. The lowest BCUT2D eigenvalue weighted by Gasteiger charge is -2.03. The number of nitro groups is 1. The van der Waals surface area contributed by atoms with Gasteiger partial charge in [0.2, 0.25) is 0 Å². The van der Waals surface area contributed by atoms with Crippen LogP contribution in [0.5, 0.6) is 11.6 Å². The van der Waals surface area contributed by atoms with Gasteiger partial charge in [-0.2, -0.15) is 4.98 Å².